The molecule has 0 radical (unpaired) electrons. The van der Waals surface area contributed by atoms with Crippen LogP contribution < -0.4 is 4.90 Å². The number of aryl methyl sites for hydroxylation is 1. The van der Waals surface area contributed by atoms with Crippen molar-refractivity contribution < 1.29 is 18.8 Å². The number of benzene rings is 3. The third-order valence-electron chi connectivity index (χ3n) is 5.10. The van der Waals surface area contributed by atoms with Gasteiger partial charge in [-0.1, -0.05) is 42.5 Å². The monoisotopic (exact) mass is 409 g/mol. The summed E-state index contributed by atoms with van der Waals surface area (Å²) < 4.78 is 26.4. The Kier molecular flexibility index (Phi) is 5.56. The average Bonchev–Trinajstić information content (AvgIpc) is 2.73. The fourth-order valence-corrected chi connectivity index (χ4v) is 5.19. The van der Waals surface area contributed by atoms with Crippen molar-refractivity contribution in [2.24, 2.45) is 0 Å². The minimum Gasteiger partial charge on any atom is -0.616 e. The Labute approximate surface area is 171 Å². The molecular weight excluding hydrogens is 389 g/mol. The number of phenols is 1. The highest BCUT2D eigenvalue weighted by Crippen LogP contribution is 2.43. The molecule has 1 N–H and O–H groups in total. The molecule has 0 spiro atoms. The summed E-state index contributed by atoms with van der Waals surface area (Å²) in [4.78, 5) is 14.5. The van der Waals surface area contributed by atoms with E-state index in [4.69, 9.17) is 0 Å². The van der Waals surface area contributed by atoms with Crippen LogP contribution in [-0.2, 0) is 22.4 Å². The summed E-state index contributed by atoms with van der Waals surface area (Å²) in [5.41, 5.74) is 2.42. The zero-order chi connectivity index (χ0) is 20.4. The molecule has 1 aliphatic heterocycles. The summed E-state index contributed by atoms with van der Waals surface area (Å²) in [7, 11) is 0. The van der Waals surface area contributed by atoms with E-state index < -0.39 is 22.5 Å². The third-order valence-corrected chi connectivity index (χ3v) is 6.74. The zero-order valence-corrected chi connectivity index (χ0v) is 16.4. The Hall–Kier alpha value is -2.83. The number of phenolic OH excluding ortho intramolecular Hbond substituents is 1. The molecule has 3 aromatic rings. The predicted molar refractivity (Wildman–Crippen MR) is 112 cm³/mol. The van der Waals surface area contributed by atoms with Gasteiger partial charge in [0.1, 0.15) is 23.4 Å². The van der Waals surface area contributed by atoms with Crippen LogP contribution in [0.1, 0.15) is 17.2 Å². The van der Waals surface area contributed by atoms with Crippen molar-refractivity contribution in [3.63, 3.8) is 0 Å². The van der Waals surface area contributed by atoms with E-state index in [-0.39, 0.29) is 17.5 Å². The second kappa shape index (κ2) is 8.27. The molecule has 1 amide bonds. The summed E-state index contributed by atoms with van der Waals surface area (Å²) in [5, 5.41) is 8.92. The molecular formula is C23H20FNO3S. The van der Waals surface area contributed by atoms with Crippen LogP contribution >= 0.6 is 0 Å². The van der Waals surface area contributed by atoms with Crippen molar-refractivity contribution in [3.8, 4) is 5.75 Å². The number of β-lactam (4-membered cyclic amide) rings is 1. The number of nitrogens with zero attached hydrogens (tertiary/aromatic N) is 1. The fourth-order valence-electron chi connectivity index (χ4n) is 3.59. The number of halogens is 1. The Morgan fingerprint density at radius 1 is 0.966 bits per heavy atom. The van der Waals surface area contributed by atoms with Crippen molar-refractivity contribution in [1.82, 2.24) is 0 Å². The lowest BCUT2D eigenvalue weighted by atomic mass is 9.92. The quantitative estimate of drug-likeness (QED) is 0.495. The molecule has 1 aliphatic rings. The van der Waals surface area contributed by atoms with Crippen LogP contribution in [0.25, 0.3) is 0 Å². The maximum atomic E-state index is 13.3. The molecule has 1 fully saturated rings. The molecule has 4 rings (SSSR count). The van der Waals surface area contributed by atoms with E-state index in [0.717, 1.165) is 11.1 Å². The number of hydrogen-bond donors (Lipinski definition) is 1. The molecule has 148 valence electrons. The lowest BCUT2D eigenvalue weighted by Crippen LogP contribution is -2.62. The smallest absolute Gasteiger partial charge is 0.283 e. The van der Waals surface area contributed by atoms with Gasteiger partial charge < -0.3 is 9.66 Å². The maximum absolute atomic E-state index is 13.3. The van der Waals surface area contributed by atoms with Crippen LogP contribution in [0, 0.1) is 5.82 Å². The minimum atomic E-state index is -1.37. The third kappa shape index (κ3) is 3.99. The van der Waals surface area contributed by atoms with Crippen molar-refractivity contribution in [1.29, 1.82) is 0 Å². The summed E-state index contributed by atoms with van der Waals surface area (Å²) in [6.07, 6.45) is 0.621. The van der Waals surface area contributed by atoms with E-state index in [9.17, 15) is 18.8 Å². The number of carbonyl (C=O) groups is 1. The molecule has 0 saturated carbocycles. The lowest BCUT2D eigenvalue weighted by molar-refractivity contribution is -0.123. The molecule has 1 saturated heterocycles. The van der Waals surface area contributed by atoms with Gasteiger partial charge in [-0.3, -0.25) is 9.69 Å². The average molecular weight is 409 g/mol. The molecule has 1 unspecified atom stereocenters. The van der Waals surface area contributed by atoms with Crippen molar-refractivity contribution in [2.45, 2.75) is 17.7 Å². The molecule has 0 aromatic heterocycles. The number of amides is 1. The Morgan fingerprint density at radius 3 is 2.28 bits per heavy atom. The van der Waals surface area contributed by atoms with Gasteiger partial charge in [0.2, 0.25) is 5.25 Å². The first-order valence-electron chi connectivity index (χ1n) is 9.33. The second-order valence-corrected chi connectivity index (χ2v) is 8.64. The van der Waals surface area contributed by atoms with Gasteiger partial charge in [-0.25, -0.2) is 4.39 Å². The van der Waals surface area contributed by atoms with Crippen LogP contribution in [0.15, 0.2) is 78.9 Å². The first-order valence-corrected chi connectivity index (χ1v) is 10.7. The molecule has 6 heteroatoms. The van der Waals surface area contributed by atoms with Crippen molar-refractivity contribution in [2.75, 3.05) is 10.7 Å². The van der Waals surface area contributed by atoms with Gasteiger partial charge in [0.25, 0.3) is 5.91 Å². The number of aromatic hydroxyl groups is 1. The summed E-state index contributed by atoms with van der Waals surface area (Å²) >= 11 is -1.37. The fraction of sp³-hybridized carbons (Fsp3) is 0.174. The maximum Gasteiger partial charge on any atom is 0.283 e. The van der Waals surface area contributed by atoms with E-state index in [1.165, 1.54) is 12.1 Å². The molecule has 29 heavy (non-hydrogen) atoms. The Morgan fingerprint density at radius 2 is 1.62 bits per heavy atom. The number of hydrogen-bond acceptors (Lipinski definition) is 3. The minimum absolute atomic E-state index is 0.120. The predicted octanol–water partition coefficient (Wildman–Crippen LogP) is 3.98. The first kappa shape index (κ1) is 19.5. The summed E-state index contributed by atoms with van der Waals surface area (Å²) in [6, 6.07) is 21.6. The molecule has 3 aromatic carbocycles. The summed E-state index contributed by atoms with van der Waals surface area (Å²) in [5.74, 6) is -0.117. The van der Waals surface area contributed by atoms with E-state index in [1.54, 1.807) is 41.3 Å². The highest BCUT2D eigenvalue weighted by molar-refractivity contribution is 7.93. The number of anilines is 1. The van der Waals surface area contributed by atoms with Crippen LogP contribution in [0.2, 0.25) is 0 Å². The van der Waals surface area contributed by atoms with Gasteiger partial charge in [-0.2, -0.15) is 0 Å². The first-order chi connectivity index (χ1) is 14.0. The van der Waals surface area contributed by atoms with Gasteiger partial charge in [0, 0.05) is 12.1 Å². The van der Waals surface area contributed by atoms with Crippen LogP contribution in [0.5, 0.6) is 5.75 Å². The largest absolute Gasteiger partial charge is 0.616 e. The van der Waals surface area contributed by atoms with E-state index in [2.05, 4.69) is 0 Å². The van der Waals surface area contributed by atoms with E-state index in [0.29, 0.717) is 17.9 Å². The van der Waals surface area contributed by atoms with E-state index in [1.807, 2.05) is 30.3 Å². The Balaban J connectivity index is 1.59. The molecule has 4 nitrogen and oxygen atoms in total. The van der Waals surface area contributed by atoms with Crippen molar-refractivity contribution in [3.05, 3.63) is 95.8 Å². The lowest BCUT2D eigenvalue weighted by Gasteiger charge is -2.46. The summed E-state index contributed by atoms with van der Waals surface area (Å²) in [6.45, 7) is 0. The molecule has 0 aliphatic carbocycles. The van der Waals surface area contributed by atoms with Crippen LogP contribution in [0.3, 0.4) is 0 Å². The SMILES string of the molecule is O=C1[C@@H]([S+]([O-])CCc2ccccc2)[C@H](c2ccc(O)cc2)N1c1ccc(F)cc1. The van der Waals surface area contributed by atoms with Gasteiger partial charge in [-0.05, 0) is 58.7 Å². The van der Waals surface area contributed by atoms with E-state index >= 15 is 0 Å². The molecule has 1 heterocycles. The normalized spacial score (nSPS) is 19.7. The Bertz CT molecular complexity index is 979. The molecule has 0 bridgehead atoms. The van der Waals surface area contributed by atoms with Crippen LogP contribution in [-0.4, -0.2) is 26.6 Å². The highest BCUT2D eigenvalue weighted by atomic mass is 32.2. The van der Waals surface area contributed by atoms with Crippen LogP contribution in [0.4, 0.5) is 10.1 Å². The highest BCUT2D eigenvalue weighted by Gasteiger charge is 2.56. The zero-order valence-electron chi connectivity index (χ0n) is 15.6. The molecule has 3 atom stereocenters. The number of rotatable bonds is 6. The van der Waals surface area contributed by atoms with Crippen molar-refractivity contribution >= 4 is 22.8 Å². The van der Waals surface area contributed by atoms with Gasteiger partial charge >= 0.3 is 0 Å². The van der Waals surface area contributed by atoms with Gasteiger partial charge in [0.15, 0.2) is 0 Å². The van der Waals surface area contributed by atoms with Gasteiger partial charge in [0.05, 0.1) is 0 Å². The standard InChI is InChI=1S/C23H20FNO3S/c24-18-8-10-19(11-9-18)25-21(17-6-12-20(26)13-7-17)22(23(25)27)29(28)15-14-16-4-2-1-3-5-16/h1-13,21-22,26H,14-15H2/t21-,22-,29?/m0/s1. The topological polar surface area (TPSA) is 63.6 Å². The number of carbonyl (C=O) groups excluding carboxylic acids is 1. The van der Waals surface area contributed by atoms with Gasteiger partial charge in [-0.15, -0.1) is 0 Å². The second-order valence-electron chi connectivity index (χ2n) is 6.96.